The van der Waals surface area contributed by atoms with Crippen LogP contribution in [0.3, 0.4) is 0 Å². The summed E-state index contributed by atoms with van der Waals surface area (Å²) in [6.07, 6.45) is -0.924. The van der Waals surface area contributed by atoms with Gasteiger partial charge in [-0.3, -0.25) is 14.4 Å². The lowest BCUT2D eigenvalue weighted by Crippen LogP contribution is -2.31. The number of nitrogens with one attached hydrogen (secondary N) is 2. The molecule has 0 saturated carbocycles. The molecule has 1 rings (SSSR count). The van der Waals surface area contributed by atoms with Crippen molar-refractivity contribution in [1.82, 2.24) is 5.32 Å². The van der Waals surface area contributed by atoms with Crippen molar-refractivity contribution in [3.8, 4) is 5.75 Å². The zero-order chi connectivity index (χ0) is 16.5. The SMILES string of the molecule is COc1cccc(NC(=O)[C@H](C)OC(=O)CCNC(C)=O)c1. The highest BCUT2D eigenvalue weighted by molar-refractivity contribution is 5.95. The summed E-state index contributed by atoms with van der Waals surface area (Å²) in [4.78, 5) is 34.1. The van der Waals surface area contributed by atoms with Crippen LogP contribution in [-0.2, 0) is 19.1 Å². The molecule has 1 aromatic rings. The Bertz CT molecular complexity index is 544. The van der Waals surface area contributed by atoms with Crippen molar-refractivity contribution in [2.24, 2.45) is 0 Å². The van der Waals surface area contributed by atoms with Gasteiger partial charge >= 0.3 is 5.97 Å². The molecular formula is C15H20N2O5. The van der Waals surface area contributed by atoms with Gasteiger partial charge in [0, 0.05) is 25.2 Å². The molecule has 1 aromatic carbocycles. The molecule has 0 aromatic heterocycles. The number of methoxy groups -OCH3 is 1. The second-order valence-corrected chi connectivity index (χ2v) is 4.59. The molecule has 0 aliphatic heterocycles. The van der Waals surface area contributed by atoms with E-state index in [2.05, 4.69) is 10.6 Å². The van der Waals surface area contributed by atoms with E-state index in [4.69, 9.17) is 9.47 Å². The van der Waals surface area contributed by atoms with Crippen molar-refractivity contribution in [1.29, 1.82) is 0 Å². The van der Waals surface area contributed by atoms with E-state index in [1.807, 2.05) is 0 Å². The van der Waals surface area contributed by atoms with Crippen molar-refractivity contribution in [2.75, 3.05) is 19.0 Å². The minimum absolute atomic E-state index is 0.0103. The maximum atomic E-state index is 11.9. The normalized spacial score (nSPS) is 11.2. The molecule has 0 saturated heterocycles. The summed E-state index contributed by atoms with van der Waals surface area (Å²) >= 11 is 0. The Morgan fingerprint density at radius 2 is 2.00 bits per heavy atom. The Hall–Kier alpha value is -2.57. The molecule has 7 heteroatoms. The lowest BCUT2D eigenvalue weighted by molar-refractivity contribution is -0.153. The molecule has 1 atom stereocenters. The van der Waals surface area contributed by atoms with Gasteiger partial charge in [0.25, 0.3) is 5.91 Å². The Morgan fingerprint density at radius 3 is 2.64 bits per heavy atom. The number of carbonyl (C=O) groups excluding carboxylic acids is 3. The highest BCUT2D eigenvalue weighted by atomic mass is 16.5. The lowest BCUT2D eigenvalue weighted by Gasteiger charge is -2.14. The summed E-state index contributed by atoms with van der Waals surface area (Å²) in [6.45, 7) is 3.01. The van der Waals surface area contributed by atoms with E-state index in [1.165, 1.54) is 21.0 Å². The molecule has 0 fully saturated rings. The first-order valence-corrected chi connectivity index (χ1v) is 6.81. The first-order valence-electron chi connectivity index (χ1n) is 6.81. The van der Waals surface area contributed by atoms with Crippen LogP contribution in [0.5, 0.6) is 5.75 Å². The fourth-order valence-electron chi connectivity index (χ4n) is 1.59. The van der Waals surface area contributed by atoms with Gasteiger partial charge in [0.05, 0.1) is 13.5 Å². The van der Waals surface area contributed by atoms with Crippen LogP contribution in [0.15, 0.2) is 24.3 Å². The van der Waals surface area contributed by atoms with Crippen LogP contribution < -0.4 is 15.4 Å². The van der Waals surface area contributed by atoms with E-state index in [1.54, 1.807) is 24.3 Å². The Labute approximate surface area is 129 Å². The van der Waals surface area contributed by atoms with Crippen molar-refractivity contribution >= 4 is 23.5 Å². The molecule has 2 N–H and O–H groups in total. The quantitative estimate of drug-likeness (QED) is 0.735. The predicted molar refractivity (Wildman–Crippen MR) is 80.5 cm³/mol. The van der Waals surface area contributed by atoms with Crippen LogP contribution in [-0.4, -0.2) is 37.5 Å². The molecule has 120 valence electrons. The Kier molecular flexibility index (Phi) is 6.88. The second kappa shape index (κ2) is 8.66. The molecule has 0 spiro atoms. The maximum Gasteiger partial charge on any atom is 0.308 e. The number of carbonyl (C=O) groups is 3. The second-order valence-electron chi connectivity index (χ2n) is 4.59. The van der Waals surface area contributed by atoms with Gasteiger partial charge in [-0.2, -0.15) is 0 Å². The number of amides is 2. The average Bonchev–Trinajstić information content (AvgIpc) is 2.46. The molecule has 0 heterocycles. The fraction of sp³-hybridized carbons (Fsp3) is 0.400. The number of anilines is 1. The van der Waals surface area contributed by atoms with Gasteiger partial charge in [-0.15, -0.1) is 0 Å². The molecule has 0 aliphatic rings. The summed E-state index contributed by atoms with van der Waals surface area (Å²) in [5, 5.41) is 5.11. The highest BCUT2D eigenvalue weighted by Gasteiger charge is 2.17. The fourth-order valence-corrected chi connectivity index (χ4v) is 1.59. The minimum Gasteiger partial charge on any atom is -0.497 e. The minimum atomic E-state index is -0.934. The van der Waals surface area contributed by atoms with Gasteiger partial charge < -0.3 is 20.1 Å². The van der Waals surface area contributed by atoms with Crippen molar-refractivity contribution < 1.29 is 23.9 Å². The van der Waals surface area contributed by atoms with Crippen LogP contribution in [0.1, 0.15) is 20.3 Å². The number of hydrogen-bond donors (Lipinski definition) is 2. The molecule has 0 radical (unpaired) electrons. The van der Waals surface area contributed by atoms with Crippen LogP contribution >= 0.6 is 0 Å². The maximum absolute atomic E-state index is 11.9. The third-order valence-electron chi connectivity index (χ3n) is 2.72. The van der Waals surface area contributed by atoms with Crippen LogP contribution in [0.4, 0.5) is 5.69 Å². The van der Waals surface area contributed by atoms with E-state index in [9.17, 15) is 14.4 Å². The van der Waals surface area contributed by atoms with E-state index < -0.39 is 18.0 Å². The smallest absolute Gasteiger partial charge is 0.308 e. The average molecular weight is 308 g/mol. The van der Waals surface area contributed by atoms with Crippen LogP contribution in [0.25, 0.3) is 0 Å². The van der Waals surface area contributed by atoms with Crippen LogP contribution in [0.2, 0.25) is 0 Å². The third-order valence-corrected chi connectivity index (χ3v) is 2.72. The Morgan fingerprint density at radius 1 is 1.27 bits per heavy atom. The monoisotopic (exact) mass is 308 g/mol. The van der Waals surface area contributed by atoms with E-state index >= 15 is 0 Å². The molecular weight excluding hydrogens is 288 g/mol. The van der Waals surface area contributed by atoms with Crippen molar-refractivity contribution in [3.63, 3.8) is 0 Å². The first-order chi connectivity index (χ1) is 10.4. The van der Waals surface area contributed by atoms with Gasteiger partial charge in [0.2, 0.25) is 5.91 Å². The van der Waals surface area contributed by atoms with E-state index in [0.29, 0.717) is 11.4 Å². The van der Waals surface area contributed by atoms with Gasteiger partial charge in [-0.05, 0) is 19.1 Å². The van der Waals surface area contributed by atoms with E-state index in [-0.39, 0.29) is 18.9 Å². The third kappa shape index (κ3) is 6.25. The summed E-state index contributed by atoms with van der Waals surface area (Å²) in [6, 6.07) is 6.84. The van der Waals surface area contributed by atoms with Crippen LogP contribution in [0, 0.1) is 0 Å². The summed E-state index contributed by atoms with van der Waals surface area (Å²) in [5.74, 6) is -0.613. The lowest BCUT2D eigenvalue weighted by atomic mass is 10.3. The molecule has 7 nitrogen and oxygen atoms in total. The summed E-state index contributed by atoms with van der Waals surface area (Å²) < 4.78 is 10.0. The highest BCUT2D eigenvalue weighted by Crippen LogP contribution is 2.17. The zero-order valence-corrected chi connectivity index (χ0v) is 12.8. The van der Waals surface area contributed by atoms with E-state index in [0.717, 1.165) is 0 Å². The number of hydrogen-bond acceptors (Lipinski definition) is 5. The molecule has 22 heavy (non-hydrogen) atoms. The van der Waals surface area contributed by atoms with Gasteiger partial charge in [0.1, 0.15) is 5.75 Å². The largest absolute Gasteiger partial charge is 0.497 e. The van der Waals surface area contributed by atoms with Gasteiger partial charge in [-0.1, -0.05) is 6.07 Å². The molecule has 0 aliphatic carbocycles. The number of benzene rings is 1. The number of ether oxygens (including phenoxy) is 2. The van der Waals surface area contributed by atoms with Gasteiger partial charge in [-0.25, -0.2) is 0 Å². The molecule has 2 amide bonds. The van der Waals surface area contributed by atoms with Crippen molar-refractivity contribution in [3.05, 3.63) is 24.3 Å². The Balaban J connectivity index is 2.44. The van der Waals surface area contributed by atoms with Gasteiger partial charge in [0.15, 0.2) is 6.10 Å². The van der Waals surface area contributed by atoms with Crippen molar-refractivity contribution in [2.45, 2.75) is 26.4 Å². The topological polar surface area (TPSA) is 93.7 Å². The number of rotatable bonds is 7. The zero-order valence-electron chi connectivity index (χ0n) is 12.8. The standard InChI is InChI=1S/C15H20N2O5/c1-10(22-14(19)7-8-16-11(2)18)15(20)17-12-5-4-6-13(9-12)21-3/h4-6,9-10H,7-8H2,1-3H3,(H,16,18)(H,17,20)/t10-/m0/s1. The molecule has 0 unspecified atom stereocenters. The molecule has 0 bridgehead atoms. The predicted octanol–water partition coefficient (Wildman–Crippen LogP) is 1.09. The summed E-state index contributed by atoms with van der Waals surface area (Å²) in [5.41, 5.74) is 0.547. The summed E-state index contributed by atoms with van der Waals surface area (Å²) in [7, 11) is 1.53. The number of esters is 1. The first kappa shape index (κ1) is 17.5.